The van der Waals surface area contributed by atoms with E-state index in [1.54, 1.807) is 4.90 Å². The number of fused-ring (bicyclic) bond motifs is 1. The number of ether oxygens (including phenoxy) is 1. The number of piperidine rings is 1. The van der Waals surface area contributed by atoms with Crippen molar-refractivity contribution in [2.24, 2.45) is 0 Å². The third-order valence-electron chi connectivity index (χ3n) is 5.09. The van der Waals surface area contributed by atoms with Crippen LogP contribution in [-0.2, 0) is 9.53 Å². The highest BCUT2D eigenvalue weighted by atomic mass is 16.5. The zero-order valence-corrected chi connectivity index (χ0v) is 14.5. The van der Waals surface area contributed by atoms with E-state index in [2.05, 4.69) is 9.97 Å². The molecular formula is C19H20N4O3. The van der Waals surface area contributed by atoms with Gasteiger partial charge in [-0.05, 0) is 25.5 Å². The van der Waals surface area contributed by atoms with Gasteiger partial charge in [-0.3, -0.25) is 14.6 Å². The number of nitrogens with zero attached hydrogens (tertiary/aromatic N) is 4. The van der Waals surface area contributed by atoms with Crippen molar-refractivity contribution < 1.29 is 14.3 Å². The molecule has 26 heavy (non-hydrogen) atoms. The monoisotopic (exact) mass is 352 g/mol. The molecule has 2 aliphatic heterocycles. The summed E-state index contributed by atoms with van der Waals surface area (Å²) in [5.41, 5.74) is 0.562. The van der Waals surface area contributed by atoms with Gasteiger partial charge in [-0.1, -0.05) is 18.2 Å². The van der Waals surface area contributed by atoms with Crippen LogP contribution >= 0.6 is 0 Å². The maximum absolute atomic E-state index is 12.7. The minimum atomic E-state index is -0.625. The number of aromatic nitrogens is 2. The average molecular weight is 352 g/mol. The van der Waals surface area contributed by atoms with Crippen molar-refractivity contribution in [2.45, 2.75) is 25.0 Å². The summed E-state index contributed by atoms with van der Waals surface area (Å²) in [5.74, 6) is -0.211. The van der Waals surface area contributed by atoms with Gasteiger partial charge in [-0.2, -0.15) is 0 Å². The summed E-state index contributed by atoms with van der Waals surface area (Å²) in [7, 11) is 0. The van der Waals surface area contributed by atoms with Gasteiger partial charge < -0.3 is 14.5 Å². The fourth-order valence-corrected chi connectivity index (χ4v) is 3.82. The topological polar surface area (TPSA) is 75.6 Å². The Morgan fingerprint density at radius 3 is 2.81 bits per heavy atom. The van der Waals surface area contributed by atoms with Crippen molar-refractivity contribution in [3.63, 3.8) is 0 Å². The Bertz CT molecular complexity index is 814. The van der Waals surface area contributed by atoms with Crippen molar-refractivity contribution in [1.29, 1.82) is 0 Å². The first kappa shape index (κ1) is 16.7. The Morgan fingerprint density at radius 1 is 1.27 bits per heavy atom. The number of hydrogen-bond acceptors (Lipinski definition) is 5. The number of carbonyl (C=O) groups is 2. The van der Waals surface area contributed by atoms with Gasteiger partial charge in [0, 0.05) is 24.6 Å². The van der Waals surface area contributed by atoms with Crippen molar-refractivity contribution >= 4 is 17.5 Å². The molecular weight excluding hydrogens is 332 g/mol. The molecule has 2 atom stereocenters. The predicted molar refractivity (Wildman–Crippen MR) is 94.6 cm³/mol. The lowest BCUT2D eigenvalue weighted by Gasteiger charge is -2.52. The van der Waals surface area contributed by atoms with E-state index in [0.29, 0.717) is 25.2 Å². The summed E-state index contributed by atoms with van der Waals surface area (Å²) in [6.45, 7) is 2.92. The highest BCUT2D eigenvalue weighted by molar-refractivity contribution is 5.96. The fourth-order valence-electron chi connectivity index (χ4n) is 3.82. The van der Waals surface area contributed by atoms with Crippen LogP contribution in [0, 0.1) is 0 Å². The number of carbonyl (C=O) groups excluding carboxylic acids is 2. The first-order chi connectivity index (χ1) is 12.6. The van der Waals surface area contributed by atoms with E-state index in [-0.39, 0.29) is 24.5 Å². The summed E-state index contributed by atoms with van der Waals surface area (Å²) < 4.78 is 5.93. The molecule has 7 heteroatoms. The van der Waals surface area contributed by atoms with E-state index in [1.165, 1.54) is 18.6 Å². The Labute approximate surface area is 151 Å². The van der Waals surface area contributed by atoms with Crippen LogP contribution in [0.1, 0.15) is 23.8 Å². The summed E-state index contributed by atoms with van der Waals surface area (Å²) in [4.78, 5) is 36.9. The van der Waals surface area contributed by atoms with Crippen LogP contribution in [0.5, 0.6) is 0 Å². The Balaban J connectivity index is 1.59. The van der Waals surface area contributed by atoms with E-state index in [0.717, 1.165) is 5.69 Å². The van der Waals surface area contributed by atoms with Gasteiger partial charge in [0.1, 0.15) is 17.9 Å². The molecule has 2 aromatic rings. The third kappa shape index (κ3) is 2.84. The minimum absolute atomic E-state index is 0.00900. The van der Waals surface area contributed by atoms with Gasteiger partial charge in [0.25, 0.3) is 11.8 Å². The van der Waals surface area contributed by atoms with Gasteiger partial charge in [-0.25, -0.2) is 4.98 Å². The number of amides is 2. The number of likely N-dealkylation sites (tertiary alicyclic amines) is 1. The lowest BCUT2D eigenvalue weighted by molar-refractivity contribution is -0.149. The SMILES string of the molecule is C[C@@]12CN(C(=O)c3cnccn3)CC[C@H]1N(c1ccccc1)C(=O)CO2. The third-order valence-corrected chi connectivity index (χ3v) is 5.09. The number of anilines is 1. The molecule has 2 fully saturated rings. The standard InChI is InChI=1S/C19H20N4O3/c1-19-13-22(18(25)15-11-20-8-9-21-15)10-7-16(19)23(17(24)12-26-19)14-5-3-2-4-6-14/h2-6,8-9,11,16H,7,10,12-13H2,1H3/t16-,19-/m1/s1. The molecule has 0 N–H and O–H groups in total. The van der Waals surface area contributed by atoms with Gasteiger partial charge in [0.05, 0.1) is 18.8 Å². The quantitative estimate of drug-likeness (QED) is 0.819. The molecule has 2 saturated heterocycles. The number of rotatable bonds is 2. The molecule has 0 unspecified atom stereocenters. The van der Waals surface area contributed by atoms with E-state index in [4.69, 9.17) is 4.74 Å². The fraction of sp³-hybridized carbons (Fsp3) is 0.368. The second kappa shape index (κ2) is 6.49. The van der Waals surface area contributed by atoms with Crippen LogP contribution in [0.4, 0.5) is 5.69 Å². The summed E-state index contributed by atoms with van der Waals surface area (Å²) in [5, 5.41) is 0. The maximum atomic E-state index is 12.7. The van der Waals surface area contributed by atoms with Gasteiger partial charge in [0.2, 0.25) is 0 Å². The van der Waals surface area contributed by atoms with Crippen LogP contribution in [-0.4, -0.2) is 58.0 Å². The predicted octanol–water partition coefficient (Wildman–Crippen LogP) is 1.51. The Morgan fingerprint density at radius 2 is 2.08 bits per heavy atom. The smallest absolute Gasteiger partial charge is 0.274 e. The van der Waals surface area contributed by atoms with Crippen LogP contribution in [0.25, 0.3) is 0 Å². The molecule has 7 nitrogen and oxygen atoms in total. The molecule has 0 aliphatic carbocycles. The normalized spacial score (nSPS) is 25.7. The van der Waals surface area contributed by atoms with E-state index < -0.39 is 5.60 Å². The molecule has 4 rings (SSSR count). The molecule has 1 aromatic carbocycles. The van der Waals surface area contributed by atoms with Crippen molar-refractivity contribution in [2.75, 3.05) is 24.6 Å². The zero-order valence-electron chi connectivity index (χ0n) is 14.5. The van der Waals surface area contributed by atoms with Gasteiger partial charge in [-0.15, -0.1) is 0 Å². The highest BCUT2D eigenvalue weighted by Gasteiger charge is 2.50. The number of para-hydroxylation sites is 1. The molecule has 134 valence electrons. The molecule has 2 amide bonds. The number of morpholine rings is 1. The minimum Gasteiger partial charge on any atom is -0.361 e. The Hall–Kier alpha value is -2.80. The largest absolute Gasteiger partial charge is 0.361 e. The molecule has 3 heterocycles. The van der Waals surface area contributed by atoms with Gasteiger partial charge >= 0.3 is 0 Å². The number of hydrogen-bond donors (Lipinski definition) is 0. The maximum Gasteiger partial charge on any atom is 0.274 e. The van der Waals surface area contributed by atoms with Gasteiger partial charge in [0.15, 0.2) is 0 Å². The van der Waals surface area contributed by atoms with E-state index in [9.17, 15) is 9.59 Å². The van der Waals surface area contributed by atoms with Crippen LogP contribution in [0.15, 0.2) is 48.9 Å². The van der Waals surface area contributed by atoms with E-state index >= 15 is 0 Å². The molecule has 0 spiro atoms. The van der Waals surface area contributed by atoms with Crippen molar-refractivity contribution in [3.05, 3.63) is 54.6 Å². The molecule has 0 radical (unpaired) electrons. The number of benzene rings is 1. The molecule has 2 aliphatic rings. The lowest BCUT2D eigenvalue weighted by atomic mass is 9.85. The second-order valence-electron chi connectivity index (χ2n) is 6.82. The average Bonchev–Trinajstić information content (AvgIpc) is 2.69. The summed E-state index contributed by atoms with van der Waals surface area (Å²) in [6.07, 6.45) is 5.16. The van der Waals surface area contributed by atoms with Crippen molar-refractivity contribution in [3.8, 4) is 0 Å². The second-order valence-corrected chi connectivity index (χ2v) is 6.82. The van der Waals surface area contributed by atoms with Crippen LogP contribution in [0.2, 0.25) is 0 Å². The van der Waals surface area contributed by atoms with E-state index in [1.807, 2.05) is 42.2 Å². The van der Waals surface area contributed by atoms with Crippen LogP contribution < -0.4 is 4.90 Å². The zero-order chi connectivity index (χ0) is 18.1. The molecule has 0 saturated carbocycles. The lowest BCUT2D eigenvalue weighted by Crippen LogP contribution is -2.68. The summed E-state index contributed by atoms with van der Waals surface area (Å²) >= 11 is 0. The van der Waals surface area contributed by atoms with Crippen LogP contribution in [0.3, 0.4) is 0 Å². The molecule has 0 bridgehead atoms. The first-order valence-corrected chi connectivity index (χ1v) is 8.65. The highest BCUT2D eigenvalue weighted by Crippen LogP contribution is 2.36. The summed E-state index contributed by atoms with van der Waals surface area (Å²) in [6, 6.07) is 9.51. The molecule has 1 aromatic heterocycles. The van der Waals surface area contributed by atoms with Crippen molar-refractivity contribution in [1.82, 2.24) is 14.9 Å². The first-order valence-electron chi connectivity index (χ1n) is 8.65. The Kier molecular flexibility index (Phi) is 4.16.